The summed E-state index contributed by atoms with van der Waals surface area (Å²) in [5.74, 6) is 0.309. The van der Waals surface area contributed by atoms with Crippen molar-refractivity contribution in [3.63, 3.8) is 0 Å². The lowest BCUT2D eigenvalue weighted by atomic mass is 10.1. The lowest BCUT2D eigenvalue weighted by Crippen LogP contribution is -2.33. The highest BCUT2D eigenvalue weighted by Crippen LogP contribution is 2.31. The van der Waals surface area contributed by atoms with Gasteiger partial charge in [0.1, 0.15) is 0 Å². The molecule has 1 saturated carbocycles. The summed E-state index contributed by atoms with van der Waals surface area (Å²) in [6.45, 7) is 1.86. The molecule has 0 heterocycles. The molecule has 1 fully saturated rings. The molecule has 0 radical (unpaired) electrons. The van der Waals surface area contributed by atoms with Crippen molar-refractivity contribution in [1.82, 2.24) is 4.90 Å². The Balaban J connectivity index is 1.60. The number of rotatable bonds is 8. The van der Waals surface area contributed by atoms with Crippen LogP contribution in [-0.4, -0.2) is 29.8 Å². The van der Waals surface area contributed by atoms with Crippen LogP contribution in [0.3, 0.4) is 0 Å². The van der Waals surface area contributed by atoms with Gasteiger partial charge in [0.15, 0.2) is 0 Å². The van der Waals surface area contributed by atoms with Crippen molar-refractivity contribution in [1.29, 1.82) is 0 Å². The number of hydrogen-bond acceptors (Lipinski definition) is 3. The summed E-state index contributed by atoms with van der Waals surface area (Å²) in [6, 6.07) is 16.8. The predicted octanol–water partition coefficient (Wildman–Crippen LogP) is 3.03. The van der Waals surface area contributed by atoms with Crippen molar-refractivity contribution in [2.75, 3.05) is 18.4 Å². The average molecular weight is 351 g/mol. The summed E-state index contributed by atoms with van der Waals surface area (Å²) in [4.78, 5) is 26.5. The molecule has 0 bridgehead atoms. The number of nitrogens with one attached hydrogen (secondary N) is 1. The Morgan fingerprint density at radius 1 is 1.04 bits per heavy atom. The molecule has 5 nitrogen and oxygen atoms in total. The first-order valence-electron chi connectivity index (χ1n) is 9.11. The maximum atomic E-state index is 12.4. The monoisotopic (exact) mass is 351 g/mol. The van der Waals surface area contributed by atoms with E-state index in [1.54, 1.807) is 12.1 Å². The first-order chi connectivity index (χ1) is 12.7. The Morgan fingerprint density at radius 3 is 2.35 bits per heavy atom. The van der Waals surface area contributed by atoms with E-state index in [0.29, 0.717) is 25.2 Å². The van der Waals surface area contributed by atoms with Gasteiger partial charge in [-0.25, -0.2) is 0 Å². The van der Waals surface area contributed by atoms with Gasteiger partial charge in [-0.05, 0) is 55.6 Å². The standard InChI is InChI=1S/C21H25N3O2/c22-13-4-14-24(21(26)18-9-10-18)15-16-7-11-19(12-8-16)23-20(25)17-5-2-1-3-6-17/h1-3,5-8,11-12,18H,4,9-10,13-15,22H2,(H,23,25). The summed E-state index contributed by atoms with van der Waals surface area (Å²) in [6.07, 6.45) is 2.81. The lowest BCUT2D eigenvalue weighted by Gasteiger charge is -2.23. The normalized spacial score (nSPS) is 13.3. The second-order valence-corrected chi connectivity index (χ2v) is 6.69. The van der Waals surface area contributed by atoms with E-state index >= 15 is 0 Å². The minimum absolute atomic E-state index is 0.133. The largest absolute Gasteiger partial charge is 0.338 e. The Morgan fingerprint density at radius 2 is 1.73 bits per heavy atom. The number of anilines is 1. The van der Waals surface area contributed by atoms with Gasteiger partial charge in [-0.2, -0.15) is 0 Å². The van der Waals surface area contributed by atoms with Gasteiger partial charge in [-0.1, -0.05) is 30.3 Å². The fraction of sp³-hybridized carbons (Fsp3) is 0.333. The molecule has 2 aromatic carbocycles. The fourth-order valence-corrected chi connectivity index (χ4v) is 2.84. The maximum absolute atomic E-state index is 12.4. The van der Waals surface area contributed by atoms with Crippen LogP contribution in [0, 0.1) is 5.92 Å². The van der Waals surface area contributed by atoms with E-state index in [2.05, 4.69) is 5.32 Å². The van der Waals surface area contributed by atoms with Gasteiger partial charge in [-0.15, -0.1) is 0 Å². The number of nitrogens with zero attached hydrogens (tertiary/aromatic N) is 1. The van der Waals surface area contributed by atoms with E-state index in [0.717, 1.165) is 30.5 Å². The van der Waals surface area contributed by atoms with Crippen molar-refractivity contribution < 1.29 is 9.59 Å². The molecule has 26 heavy (non-hydrogen) atoms. The zero-order chi connectivity index (χ0) is 18.4. The molecule has 136 valence electrons. The van der Waals surface area contributed by atoms with E-state index in [1.807, 2.05) is 47.4 Å². The number of nitrogens with two attached hydrogens (primary N) is 1. The molecule has 3 rings (SSSR count). The number of carbonyl (C=O) groups is 2. The summed E-state index contributed by atoms with van der Waals surface area (Å²) < 4.78 is 0. The van der Waals surface area contributed by atoms with E-state index in [1.165, 1.54) is 0 Å². The van der Waals surface area contributed by atoms with Gasteiger partial charge in [-0.3, -0.25) is 9.59 Å². The second kappa shape index (κ2) is 8.63. The van der Waals surface area contributed by atoms with Crippen LogP contribution in [0.25, 0.3) is 0 Å². The summed E-state index contributed by atoms with van der Waals surface area (Å²) in [5, 5.41) is 2.89. The highest BCUT2D eigenvalue weighted by molar-refractivity contribution is 6.04. The van der Waals surface area contributed by atoms with Gasteiger partial charge in [0, 0.05) is 30.3 Å². The quantitative estimate of drug-likeness (QED) is 0.767. The molecular formula is C21H25N3O2. The Kier molecular flexibility index (Phi) is 6.02. The smallest absolute Gasteiger partial charge is 0.255 e. The second-order valence-electron chi connectivity index (χ2n) is 6.69. The Hall–Kier alpha value is -2.66. The molecule has 2 aromatic rings. The molecule has 0 spiro atoms. The third-order valence-electron chi connectivity index (χ3n) is 4.49. The minimum Gasteiger partial charge on any atom is -0.338 e. The first-order valence-corrected chi connectivity index (χ1v) is 9.11. The zero-order valence-corrected chi connectivity index (χ0v) is 14.9. The molecule has 0 aromatic heterocycles. The van der Waals surface area contributed by atoms with Crippen LogP contribution in [0.15, 0.2) is 54.6 Å². The summed E-state index contributed by atoms with van der Waals surface area (Å²) in [5.41, 5.74) is 8.01. The van der Waals surface area contributed by atoms with Gasteiger partial charge in [0.2, 0.25) is 5.91 Å². The van der Waals surface area contributed by atoms with E-state index in [4.69, 9.17) is 5.73 Å². The Bertz CT molecular complexity index is 740. The topological polar surface area (TPSA) is 75.4 Å². The van der Waals surface area contributed by atoms with Crippen LogP contribution in [0.4, 0.5) is 5.69 Å². The molecule has 2 amide bonds. The van der Waals surface area contributed by atoms with Crippen LogP contribution in [-0.2, 0) is 11.3 Å². The third-order valence-corrected chi connectivity index (χ3v) is 4.49. The Labute approximate surface area is 154 Å². The number of hydrogen-bond donors (Lipinski definition) is 2. The minimum atomic E-state index is -0.133. The SMILES string of the molecule is NCCCN(Cc1ccc(NC(=O)c2ccccc2)cc1)C(=O)C1CC1. The molecule has 3 N–H and O–H groups in total. The van der Waals surface area contributed by atoms with E-state index in [9.17, 15) is 9.59 Å². The highest BCUT2D eigenvalue weighted by atomic mass is 16.2. The molecular weight excluding hydrogens is 326 g/mol. The summed E-state index contributed by atoms with van der Waals surface area (Å²) in [7, 11) is 0. The van der Waals surface area contributed by atoms with Crippen molar-refractivity contribution in [2.45, 2.75) is 25.8 Å². The predicted molar refractivity (Wildman–Crippen MR) is 103 cm³/mol. The van der Waals surface area contributed by atoms with Crippen LogP contribution in [0.2, 0.25) is 0 Å². The van der Waals surface area contributed by atoms with Crippen molar-refractivity contribution in [2.24, 2.45) is 11.7 Å². The maximum Gasteiger partial charge on any atom is 0.255 e. The first kappa shape index (κ1) is 18.1. The number of carbonyl (C=O) groups excluding carboxylic acids is 2. The summed E-state index contributed by atoms with van der Waals surface area (Å²) >= 11 is 0. The van der Waals surface area contributed by atoms with Crippen molar-refractivity contribution in [3.05, 3.63) is 65.7 Å². The fourth-order valence-electron chi connectivity index (χ4n) is 2.84. The average Bonchev–Trinajstić information content (AvgIpc) is 3.52. The van der Waals surface area contributed by atoms with Crippen LogP contribution >= 0.6 is 0 Å². The number of benzene rings is 2. The third kappa shape index (κ3) is 4.92. The number of amides is 2. The molecule has 0 atom stereocenters. The molecule has 5 heteroatoms. The van der Waals surface area contributed by atoms with Crippen molar-refractivity contribution in [3.8, 4) is 0 Å². The van der Waals surface area contributed by atoms with Gasteiger partial charge >= 0.3 is 0 Å². The molecule has 1 aliphatic carbocycles. The van der Waals surface area contributed by atoms with E-state index in [-0.39, 0.29) is 17.7 Å². The van der Waals surface area contributed by atoms with Crippen molar-refractivity contribution >= 4 is 17.5 Å². The zero-order valence-electron chi connectivity index (χ0n) is 14.9. The van der Waals surface area contributed by atoms with E-state index < -0.39 is 0 Å². The molecule has 0 aliphatic heterocycles. The van der Waals surface area contributed by atoms with Crippen LogP contribution < -0.4 is 11.1 Å². The molecule has 0 saturated heterocycles. The van der Waals surface area contributed by atoms with Gasteiger partial charge in [0.05, 0.1) is 0 Å². The highest BCUT2D eigenvalue weighted by Gasteiger charge is 2.33. The van der Waals surface area contributed by atoms with Crippen LogP contribution in [0.5, 0.6) is 0 Å². The molecule has 0 unspecified atom stereocenters. The van der Waals surface area contributed by atoms with Gasteiger partial charge < -0.3 is 16.0 Å². The van der Waals surface area contributed by atoms with Gasteiger partial charge in [0.25, 0.3) is 5.91 Å². The van der Waals surface area contributed by atoms with Crippen LogP contribution in [0.1, 0.15) is 35.2 Å². The lowest BCUT2D eigenvalue weighted by molar-refractivity contribution is -0.133. The molecule has 1 aliphatic rings.